The van der Waals surface area contributed by atoms with Crippen molar-refractivity contribution in [3.8, 4) is 10.4 Å². The van der Waals surface area contributed by atoms with Crippen LogP contribution in [0, 0.1) is 17.6 Å². The zero-order valence-corrected chi connectivity index (χ0v) is 22.8. The van der Waals surface area contributed by atoms with Gasteiger partial charge in [0.15, 0.2) is 11.6 Å². The van der Waals surface area contributed by atoms with Crippen LogP contribution in [0.4, 0.5) is 20.4 Å². The molecular weight excluding hydrogens is 528 g/mol. The Bertz CT molecular complexity index is 1650. The highest BCUT2D eigenvalue weighted by Crippen LogP contribution is 2.35. The monoisotopic (exact) mass is 557 g/mol. The fraction of sp³-hybridized carbons (Fsp3) is 0.258. The predicted octanol–water partition coefficient (Wildman–Crippen LogP) is 6.42. The highest BCUT2D eigenvalue weighted by atomic mass is 32.1. The van der Waals surface area contributed by atoms with Crippen LogP contribution in [0.15, 0.2) is 73.2 Å². The van der Waals surface area contributed by atoms with Crippen LogP contribution in [0.25, 0.3) is 21.3 Å². The standard InChI is InChI=1S/C31H29F2N5OS/c1-19(21-4-7-26(32)27(33)13-21)11-23-3-2-10-34-30(23)35-14-24-6-9-29(40-24)22-5-8-28-25(12-22)31(37-18-36-28)38-15-20(16-38)17-39/h2-10,12-13,18-20,39H,11,14-17H2,1H3,(H,34,35). The summed E-state index contributed by atoms with van der Waals surface area (Å²) in [7, 11) is 0. The van der Waals surface area contributed by atoms with Crippen molar-refractivity contribution in [1.82, 2.24) is 15.0 Å². The first-order valence-corrected chi connectivity index (χ1v) is 14.1. The summed E-state index contributed by atoms with van der Waals surface area (Å²) in [5.74, 6) is 0.341. The van der Waals surface area contributed by atoms with Crippen molar-refractivity contribution in [3.05, 3.63) is 101 Å². The molecule has 0 spiro atoms. The van der Waals surface area contributed by atoms with E-state index in [4.69, 9.17) is 0 Å². The van der Waals surface area contributed by atoms with Gasteiger partial charge < -0.3 is 15.3 Å². The van der Waals surface area contributed by atoms with Gasteiger partial charge >= 0.3 is 0 Å². The maximum Gasteiger partial charge on any atom is 0.159 e. The maximum atomic E-state index is 13.8. The molecule has 1 unspecified atom stereocenters. The Balaban J connectivity index is 1.16. The molecule has 6 rings (SSSR count). The van der Waals surface area contributed by atoms with E-state index in [9.17, 15) is 13.9 Å². The molecule has 2 N–H and O–H groups in total. The van der Waals surface area contributed by atoms with Crippen LogP contribution < -0.4 is 10.2 Å². The number of aliphatic hydroxyl groups is 1. The molecule has 5 aromatic rings. The molecule has 0 aliphatic carbocycles. The molecule has 1 atom stereocenters. The summed E-state index contributed by atoms with van der Waals surface area (Å²) < 4.78 is 27.1. The molecule has 0 amide bonds. The van der Waals surface area contributed by atoms with Gasteiger partial charge in [0.2, 0.25) is 0 Å². The Morgan fingerprint density at radius 3 is 2.73 bits per heavy atom. The Hall–Kier alpha value is -3.95. The van der Waals surface area contributed by atoms with Crippen LogP contribution in [0.1, 0.15) is 28.8 Å². The molecule has 1 saturated heterocycles. The predicted molar refractivity (Wildman–Crippen MR) is 156 cm³/mol. The van der Waals surface area contributed by atoms with Gasteiger partial charge in [-0.3, -0.25) is 0 Å². The minimum absolute atomic E-state index is 0.000696. The quantitative estimate of drug-likeness (QED) is 0.218. The molecule has 3 aromatic heterocycles. The molecule has 2 aromatic carbocycles. The second-order valence-electron chi connectivity index (χ2n) is 10.3. The average molecular weight is 558 g/mol. The molecule has 4 heterocycles. The molecule has 1 aliphatic heterocycles. The number of thiophene rings is 1. The van der Waals surface area contributed by atoms with Gasteiger partial charge in [0, 0.05) is 47.0 Å². The second kappa shape index (κ2) is 11.3. The molecule has 1 fully saturated rings. The van der Waals surface area contributed by atoms with Crippen molar-refractivity contribution in [1.29, 1.82) is 0 Å². The number of anilines is 2. The number of nitrogens with one attached hydrogen (secondary N) is 1. The van der Waals surface area contributed by atoms with Crippen molar-refractivity contribution in [2.45, 2.75) is 25.8 Å². The van der Waals surface area contributed by atoms with Gasteiger partial charge in [0.25, 0.3) is 0 Å². The molecule has 0 saturated carbocycles. The number of benzene rings is 2. The molecule has 40 heavy (non-hydrogen) atoms. The van der Waals surface area contributed by atoms with Crippen molar-refractivity contribution in [2.75, 3.05) is 29.9 Å². The molecule has 1 aliphatic rings. The first-order chi connectivity index (χ1) is 19.5. The summed E-state index contributed by atoms with van der Waals surface area (Å²) in [6.07, 6.45) is 4.00. The van der Waals surface area contributed by atoms with E-state index in [1.54, 1.807) is 29.9 Å². The summed E-state index contributed by atoms with van der Waals surface area (Å²) in [6.45, 7) is 4.42. The molecule has 0 radical (unpaired) electrons. The van der Waals surface area contributed by atoms with E-state index >= 15 is 0 Å². The number of aliphatic hydroxyl groups excluding tert-OH is 1. The molecule has 9 heteroatoms. The maximum absolute atomic E-state index is 13.8. The first-order valence-electron chi connectivity index (χ1n) is 13.3. The van der Waals surface area contributed by atoms with Gasteiger partial charge in [0.1, 0.15) is 18.0 Å². The SMILES string of the molecule is CC(Cc1cccnc1NCc1ccc(-c2ccc3ncnc(N4CC(CO)C4)c3c2)s1)c1ccc(F)c(F)c1. The molecule has 6 nitrogen and oxygen atoms in total. The third-order valence-electron chi connectivity index (χ3n) is 7.44. The number of hydrogen-bond acceptors (Lipinski definition) is 7. The largest absolute Gasteiger partial charge is 0.396 e. The van der Waals surface area contributed by atoms with Crippen LogP contribution in [-0.4, -0.2) is 39.8 Å². The van der Waals surface area contributed by atoms with E-state index in [1.807, 2.05) is 25.1 Å². The van der Waals surface area contributed by atoms with Crippen molar-refractivity contribution in [3.63, 3.8) is 0 Å². The van der Waals surface area contributed by atoms with Gasteiger partial charge in [0.05, 0.1) is 12.1 Å². The number of rotatable bonds is 9. The van der Waals surface area contributed by atoms with Crippen LogP contribution in [0.2, 0.25) is 0 Å². The van der Waals surface area contributed by atoms with Gasteiger partial charge in [-0.1, -0.05) is 25.1 Å². The first kappa shape index (κ1) is 26.3. The summed E-state index contributed by atoms with van der Waals surface area (Å²) >= 11 is 1.72. The number of fused-ring (bicyclic) bond motifs is 1. The molecule has 0 bridgehead atoms. The molecular formula is C31H29F2N5OS. The number of aromatic nitrogens is 3. The Morgan fingerprint density at radius 2 is 1.90 bits per heavy atom. The lowest BCUT2D eigenvalue weighted by atomic mass is 9.94. The summed E-state index contributed by atoms with van der Waals surface area (Å²) in [4.78, 5) is 18.0. The Labute approximate surface area is 235 Å². The normalized spacial score (nSPS) is 14.3. The smallest absolute Gasteiger partial charge is 0.159 e. The number of halogens is 2. The van der Waals surface area contributed by atoms with Gasteiger partial charge in [-0.25, -0.2) is 23.7 Å². The summed E-state index contributed by atoms with van der Waals surface area (Å²) in [6, 6.07) is 18.5. The zero-order valence-electron chi connectivity index (χ0n) is 22.0. The number of nitrogens with zero attached hydrogens (tertiary/aromatic N) is 4. The van der Waals surface area contributed by atoms with Crippen molar-refractivity contribution < 1.29 is 13.9 Å². The Kier molecular flexibility index (Phi) is 7.40. The van der Waals surface area contributed by atoms with Crippen molar-refractivity contribution in [2.24, 2.45) is 5.92 Å². The number of hydrogen-bond donors (Lipinski definition) is 2. The fourth-order valence-corrected chi connectivity index (χ4v) is 6.08. The fourth-order valence-electron chi connectivity index (χ4n) is 5.13. The summed E-state index contributed by atoms with van der Waals surface area (Å²) in [5, 5.41) is 13.9. The third-order valence-corrected chi connectivity index (χ3v) is 8.57. The van der Waals surface area contributed by atoms with Gasteiger partial charge in [-0.05, 0) is 71.5 Å². The van der Waals surface area contributed by atoms with E-state index in [-0.39, 0.29) is 12.5 Å². The van der Waals surface area contributed by atoms with Crippen molar-refractivity contribution >= 4 is 33.9 Å². The van der Waals surface area contributed by atoms with Crippen LogP contribution in [-0.2, 0) is 13.0 Å². The van der Waals surface area contributed by atoms with Crippen LogP contribution in [0.3, 0.4) is 0 Å². The lowest BCUT2D eigenvalue weighted by Crippen LogP contribution is -2.48. The van der Waals surface area contributed by atoms with Gasteiger partial charge in [-0.15, -0.1) is 11.3 Å². The van der Waals surface area contributed by atoms with E-state index < -0.39 is 11.6 Å². The summed E-state index contributed by atoms with van der Waals surface area (Å²) in [5.41, 5.74) is 3.79. The average Bonchev–Trinajstić information content (AvgIpc) is 3.42. The minimum atomic E-state index is -0.834. The van der Waals surface area contributed by atoms with Gasteiger partial charge in [-0.2, -0.15) is 0 Å². The topological polar surface area (TPSA) is 74.2 Å². The van der Waals surface area contributed by atoms with E-state index in [0.717, 1.165) is 57.2 Å². The van der Waals surface area contributed by atoms with Crippen LogP contribution >= 0.6 is 11.3 Å². The van der Waals surface area contributed by atoms with E-state index in [2.05, 4.69) is 49.4 Å². The van der Waals surface area contributed by atoms with Crippen LogP contribution in [0.5, 0.6) is 0 Å². The second-order valence-corrected chi connectivity index (χ2v) is 11.5. The Morgan fingerprint density at radius 1 is 1.02 bits per heavy atom. The lowest BCUT2D eigenvalue weighted by Gasteiger charge is -2.39. The minimum Gasteiger partial charge on any atom is -0.396 e. The highest BCUT2D eigenvalue weighted by molar-refractivity contribution is 7.15. The highest BCUT2D eigenvalue weighted by Gasteiger charge is 2.28. The lowest BCUT2D eigenvalue weighted by molar-refractivity contribution is 0.200. The van der Waals surface area contributed by atoms with E-state index in [1.165, 1.54) is 17.0 Å². The third kappa shape index (κ3) is 5.39. The molecule has 204 valence electrons. The zero-order chi connectivity index (χ0) is 27.6. The number of pyridine rings is 1. The van der Waals surface area contributed by atoms with E-state index in [0.29, 0.717) is 18.9 Å².